The van der Waals surface area contributed by atoms with Gasteiger partial charge in [-0.05, 0) is 25.2 Å². The zero-order chi connectivity index (χ0) is 14.7. The fourth-order valence-corrected chi connectivity index (χ4v) is 2.09. The average molecular weight is 280 g/mol. The summed E-state index contributed by atoms with van der Waals surface area (Å²) in [6.45, 7) is 0.729. The molecule has 2 rings (SSSR count). The predicted molar refractivity (Wildman–Crippen MR) is 70.9 cm³/mol. The Labute approximate surface area is 115 Å². The van der Waals surface area contributed by atoms with Crippen molar-refractivity contribution in [2.24, 2.45) is 5.92 Å². The number of carboxylic acid groups (broad SMARTS) is 1. The predicted octanol–water partition coefficient (Wildman–Crippen LogP) is 0.263. The number of carbonyl (C=O) groups excluding carboxylic acids is 1. The van der Waals surface area contributed by atoms with Gasteiger partial charge in [0.25, 0.3) is 0 Å². The van der Waals surface area contributed by atoms with Crippen LogP contribution in [-0.2, 0) is 9.53 Å². The highest BCUT2D eigenvalue weighted by molar-refractivity contribution is 5.97. The SMILES string of the molecule is CNC1COCC1C(=O)Nc1cc(C(=O)O)ccc1O. The average Bonchev–Trinajstić information content (AvgIpc) is 2.89. The summed E-state index contributed by atoms with van der Waals surface area (Å²) in [5.74, 6) is -2.01. The number of amides is 1. The van der Waals surface area contributed by atoms with Crippen LogP contribution in [0.4, 0.5) is 5.69 Å². The maximum absolute atomic E-state index is 12.1. The van der Waals surface area contributed by atoms with Crippen molar-refractivity contribution in [1.82, 2.24) is 5.32 Å². The Bertz CT molecular complexity index is 531. The third-order valence-corrected chi connectivity index (χ3v) is 3.29. The molecule has 1 amide bonds. The van der Waals surface area contributed by atoms with Gasteiger partial charge in [-0.2, -0.15) is 0 Å². The molecule has 1 aliphatic rings. The van der Waals surface area contributed by atoms with Crippen molar-refractivity contribution in [2.75, 3.05) is 25.6 Å². The van der Waals surface area contributed by atoms with E-state index in [2.05, 4.69) is 10.6 Å². The topological polar surface area (TPSA) is 108 Å². The molecule has 0 aliphatic carbocycles. The smallest absolute Gasteiger partial charge is 0.335 e. The van der Waals surface area contributed by atoms with Gasteiger partial charge in [0.2, 0.25) is 5.91 Å². The molecule has 7 heteroatoms. The molecule has 2 unspecified atom stereocenters. The number of benzene rings is 1. The summed E-state index contributed by atoms with van der Waals surface area (Å²) >= 11 is 0. The highest BCUT2D eigenvalue weighted by Crippen LogP contribution is 2.26. The molecule has 0 bridgehead atoms. The molecule has 1 fully saturated rings. The Morgan fingerprint density at radius 1 is 1.35 bits per heavy atom. The third kappa shape index (κ3) is 2.89. The van der Waals surface area contributed by atoms with E-state index in [9.17, 15) is 14.7 Å². The minimum atomic E-state index is -1.13. The van der Waals surface area contributed by atoms with Gasteiger partial charge in [-0.25, -0.2) is 4.79 Å². The van der Waals surface area contributed by atoms with Crippen LogP contribution in [0.1, 0.15) is 10.4 Å². The number of likely N-dealkylation sites (N-methyl/N-ethyl adjacent to an activating group) is 1. The first-order valence-corrected chi connectivity index (χ1v) is 6.15. The molecular formula is C13H16N2O5. The quantitative estimate of drug-likeness (QED) is 0.589. The monoisotopic (exact) mass is 280 g/mol. The zero-order valence-corrected chi connectivity index (χ0v) is 10.9. The van der Waals surface area contributed by atoms with E-state index in [1.54, 1.807) is 7.05 Å². The van der Waals surface area contributed by atoms with E-state index in [-0.39, 0.29) is 41.5 Å². The molecule has 1 aromatic carbocycles. The lowest BCUT2D eigenvalue weighted by Crippen LogP contribution is -2.39. The maximum Gasteiger partial charge on any atom is 0.335 e. The first kappa shape index (κ1) is 14.3. The van der Waals surface area contributed by atoms with Crippen LogP contribution in [0, 0.1) is 5.92 Å². The van der Waals surface area contributed by atoms with E-state index in [0.717, 1.165) is 0 Å². The van der Waals surface area contributed by atoms with Crippen LogP contribution in [0.5, 0.6) is 5.75 Å². The van der Waals surface area contributed by atoms with Crippen LogP contribution in [0.15, 0.2) is 18.2 Å². The van der Waals surface area contributed by atoms with Crippen LogP contribution >= 0.6 is 0 Å². The van der Waals surface area contributed by atoms with Crippen molar-refractivity contribution in [3.8, 4) is 5.75 Å². The van der Waals surface area contributed by atoms with Crippen molar-refractivity contribution in [3.05, 3.63) is 23.8 Å². The molecule has 20 heavy (non-hydrogen) atoms. The fourth-order valence-electron chi connectivity index (χ4n) is 2.09. The van der Waals surface area contributed by atoms with Crippen LogP contribution in [-0.4, -0.2) is 48.4 Å². The van der Waals surface area contributed by atoms with Crippen LogP contribution < -0.4 is 10.6 Å². The molecule has 0 radical (unpaired) electrons. The molecule has 1 aromatic rings. The molecule has 2 atom stereocenters. The summed E-state index contributed by atoms with van der Waals surface area (Å²) < 4.78 is 5.23. The lowest BCUT2D eigenvalue weighted by molar-refractivity contribution is -0.120. The number of carboxylic acids is 1. The Balaban J connectivity index is 2.15. The first-order valence-electron chi connectivity index (χ1n) is 6.15. The second kappa shape index (κ2) is 5.89. The summed E-state index contributed by atoms with van der Waals surface area (Å²) in [5, 5.41) is 24.1. The number of phenolic OH excluding ortho intramolecular Hbond substituents is 1. The highest BCUT2D eigenvalue weighted by Gasteiger charge is 2.33. The Morgan fingerprint density at radius 2 is 2.10 bits per heavy atom. The van der Waals surface area contributed by atoms with Gasteiger partial charge < -0.3 is 25.6 Å². The van der Waals surface area contributed by atoms with Crippen molar-refractivity contribution in [2.45, 2.75) is 6.04 Å². The number of aromatic hydroxyl groups is 1. The second-order valence-corrected chi connectivity index (χ2v) is 4.57. The molecule has 108 valence electrons. The van der Waals surface area contributed by atoms with Gasteiger partial charge in [0, 0.05) is 6.04 Å². The summed E-state index contributed by atoms with van der Waals surface area (Å²) in [4.78, 5) is 23.0. The summed E-state index contributed by atoms with van der Waals surface area (Å²) in [6, 6.07) is 3.63. The number of phenols is 1. The van der Waals surface area contributed by atoms with E-state index in [1.165, 1.54) is 18.2 Å². The molecule has 0 aromatic heterocycles. The number of ether oxygens (including phenoxy) is 1. The van der Waals surface area contributed by atoms with E-state index < -0.39 is 5.97 Å². The van der Waals surface area contributed by atoms with E-state index in [4.69, 9.17) is 9.84 Å². The van der Waals surface area contributed by atoms with E-state index in [0.29, 0.717) is 6.61 Å². The van der Waals surface area contributed by atoms with Gasteiger partial charge >= 0.3 is 5.97 Å². The van der Waals surface area contributed by atoms with Crippen LogP contribution in [0.25, 0.3) is 0 Å². The van der Waals surface area contributed by atoms with Gasteiger partial charge in [-0.1, -0.05) is 0 Å². The van der Waals surface area contributed by atoms with E-state index in [1.807, 2.05) is 0 Å². The minimum Gasteiger partial charge on any atom is -0.506 e. The Morgan fingerprint density at radius 3 is 2.75 bits per heavy atom. The van der Waals surface area contributed by atoms with Crippen molar-refractivity contribution < 1.29 is 24.5 Å². The summed E-state index contributed by atoms with van der Waals surface area (Å²) in [6.07, 6.45) is 0. The normalized spacial score (nSPS) is 21.6. The highest BCUT2D eigenvalue weighted by atomic mass is 16.5. The number of nitrogens with one attached hydrogen (secondary N) is 2. The molecule has 1 aliphatic heterocycles. The number of hydrogen-bond acceptors (Lipinski definition) is 5. The molecule has 0 saturated carbocycles. The largest absolute Gasteiger partial charge is 0.506 e. The molecular weight excluding hydrogens is 264 g/mol. The Kier molecular flexibility index (Phi) is 4.21. The standard InChI is InChI=1S/C13H16N2O5/c1-14-10-6-20-5-8(10)12(17)15-9-4-7(13(18)19)2-3-11(9)16/h2-4,8,10,14,16H,5-6H2,1H3,(H,15,17)(H,18,19). The van der Waals surface area contributed by atoms with Crippen molar-refractivity contribution >= 4 is 17.6 Å². The lowest BCUT2D eigenvalue weighted by Gasteiger charge is -2.17. The first-order chi connectivity index (χ1) is 9.52. The molecule has 1 saturated heterocycles. The van der Waals surface area contributed by atoms with Crippen molar-refractivity contribution in [3.63, 3.8) is 0 Å². The Hall–Kier alpha value is -2.12. The summed E-state index contributed by atoms with van der Waals surface area (Å²) in [5.41, 5.74) is 0.0718. The number of carbonyl (C=O) groups is 2. The maximum atomic E-state index is 12.1. The van der Waals surface area contributed by atoms with Crippen LogP contribution in [0.2, 0.25) is 0 Å². The number of anilines is 1. The molecule has 4 N–H and O–H groups in total. The third-order valence-electron chi connectivity index (χ3n) is 3.29. The lowest BCUT2D eigenvalue weighted by atomic mass is 10.0. The van der Waals surface area contributed by atoms with Crippen LogP contribution in [0.3, 0.4) is 0 Å². The minimum absolute atomic E-state index is 0.00839. The van der Waals surface area contributed by atoms with Gasteiger partial charge in [-0.3, -0.25) is 4.79 Å². The zero-order valence-electron chi connectivity index (χ0n) is 10.9. The number of rotatable bonds is 4. The van der Waals surface area contributed by atoms with Crippen molar-refractivity contribution in [1.29, 1.82) is 0 Å². The molecule has 7 nitrogen and oxygen atoms in total. The van der Waals surface area contributed by atoms with Gasteiger partial charge in [0.1, 0.15) is 5.75 Å². The van der Waals surface area contributed by atoms with E-state index >= 15 is 0 Å². The second-order valence-electron chi connectivity index (χ2n) is 4.57. The van der Waals surface area contributed by atoms with Gasteiger partial charge in [-0.15, -0.1) is 0 Å². The number of hydrogen-bond donors (Lipinski definition) is 4. The van der Waals surface area contributed by atoms with Gasteiger partial charge in [0.15, 0.2) is 0 Å². The molecule has 1 heterocycles. The fraction of sp³-hybridized carbons (Fsp3) is 0.385. The molecule has 0 spiro atoms. The number of aromatic carboxylic acids is 1. The summed E-state index contributed by atoms with van der Waals surface area (Å²) in [7, 11) is 1.74. The van der Waals surface area contributed by atoms with Gasteiger partial charge in [0.05, 0.1) is 30.4 Å².